The fourth-order valence-corrected chi connectivity index (χ4v) is 1.83. The van der Waals surface area contributed by atoms with E-state index in [9.17, 15) is 4.79 Å². The van der Waals surface area contributed by atoms with Gasteiger partial charge < -0.3 is 0 Å². The number of piperidine rings is 1. The summed E-state index contributed by atoms with van der Waals surface area (Å²) >= 11 is 0. The van der Waals surface area contributed by atoms with Gasteiger partial charge in [-0.25, -0.2) is 4.79 Å². The van der Waals surface area contributed by atoms with E-state index in [1.165, 1.54) is 26.2 Å². The fraction of sp³-hybridized carbons (Fsp3) is 0.889. The molecule has 0 saturated carbocycles. The Balaban J connectivity index is 2.53. The minimum atomic E-state index is -0.154. The van der Waals surface area contributed by atoms with Crippen molar-refractivity contribution in [3.63, 3.8) is 0 Å². The normalized spacial score (nSPS) is 21.8. The van der Waals surface area contributed by atoms with Gasteiger partial charge in [-0.05, 0) is 13.3 Å². The lowest BCUT2D eigenvalue weighted by Gasteiger charge is -2.36. The molecule has 70 valence electrons. The fourth-order valence-electron chi connectivity index (χ4n) is 1.83. The second kappa shape index (κ2) is 3.90. The lowest BCUT2D eigenvalue weighted by molar-refractivity contribution is -1.09. The Kier molecular flexibility index (Phi) is 3.09. The van der Waals surface area contributed by atoms with Crippen molar-refractivity contribution >= 4 is 5.97 Å². The highest BCUT2D eigenvalue weighted by Gasteiger charge is 2.32. The van der Waals surface area contributed by atoms with Crippen molar-refractivity contribution in [1.29, 1.82) is 0 Å². The molecule has 0 radical (unpaired) electrons. The molecule has 1 aliphatic heterocycles. The maximum atomic E-state index is 10.8. The van der Waals surface area contributed by atoms with Gasteiger partial charge in [0.25, 0.3) is 0 Å². The van der Waals surface area contributed by atoms with E-state index >= 15 is 0 Å². The zero-order valence-electron chi connectivity index (χ0n) is 8.01. The molecule has 0 spiro atoms. The van der Waals surface area contributed by atoms with Gasteiger partial charge in [-0.15, -0.1) is 4.65 Å². The average molecular weight is 172 g/mol. The summed E-state index contributed by atoms with van der Waals surface area (Å²) in [5.74, 6) is -0.154. The van der Waals surface area contributed by atoms with Gasteiger partial charge in [0.2, 0.25) is 0 Å². The first-order valence-corrected chi connectivity index (χ1v) is 4.75. The molecular weight excluding hydrogens is 154 g/mol. The molecule has 1 fully saturated rings. The first-order chi connectivity index (χ1) is 5.68. The summed E-state index contributed by atoms with van der Waals surface area (Å²) in [5.41, 5.74) is 0. The number of quaternary nitrogens is 1. The Morgan fingerprint density at radius 3 is 2.33 bits per heavy atom. The van der Waals surface area contributed by atoms with Gasteiger partial charge in [-0.2, -0.15) is 0 Å². The van der Waals surface area contributed by atoms with Crippen LogP contribution in [0.4, 0.5) is 0 Å². The van der Waals surface area contributed by atoms with Crippen molar-refractivity contribution in [3.05, 3.63) is 0 Å². The van der Waals surface area contributed by atoms with E-state index in [0.29, 0.717) is 4.65 Å². The molecule has 1 saturated heterocycles. The van der Waals surface area contributed by atoms with Crippen LogP contribution in [0.15, 0.2) is 0 Å². The van der Waals surface area contributed by atoms with Gasteiger partial charge in [0.1, 0.15) is 19.6 Å². The molecule has 12 heavy (non-hydrogen) atoms. The van der Waals surface area contributed by atoms with Crippen LogP contribution in [0.1, 0.15) is 33.1 Å². The summed E-state index contributed by atoms with van der Waals surface area (Å²) in [7, 11) is 0. The predicted molar refractivity (Wildman–Crippen MR) is 46.2 cm³/mol. The van der Waals surface area contributed by atoms with E-state index in [0.717, 1.165) is 19.6 Å². The van der Waals surface area contributed by atoms with Gasteiger partial charge in [0, 0.05) is 19.8 Å². The minimum Gasteiger partial charge on any atom is -0.277 e. The van der Waals surface area contributed by atoms with E-state index in [1.54, 1.807) is 0 Å². The Hall–Kier alpha value is -0.570. The zero-order valence-corrected chi connectivity index (χ0v) is 8.01. The van der Waals surface area contributed by atoms with E-state index in [2.05, 4.69) is 6.92 Å². The molecule has 0 bridgehead atoms. The van der Waals surface area contributed by atoms with Crippen LogP contribution in [-0.4, -0.2) is 30.2 Å². The third-order valence-electron chi connectivity index (χ3n) is 2.53. The number of nitrogens with zero attached hydrogens (tertiary/aromatic N) is 1. The molecule has 0 unspecified atom stereocenters. The first-order valence-electron chi connectivity index (χ1n) is 4.75. The highest BCUT2D eigenvalue weighted by atomic mass is 16.7. The lowest BCUT2D eigenvalue weighted by atomic mass is 10.1. The van der Waals surface area contributed by atoms with Crippen LogP contribution in [0.3, 0.4) is 0 Å². The smallest absolute Gasteiger partial charge is 0.277 e. The van der Waals surface area contributed by atoms with E-state index in [1.807, 2.05) is 0 Å². The molecule has 0 N–H and O–H groups in total. The summed E-state index contributed by atoms with van der Waals surface area (Å²) in [5, 5.41) is 0. The van der Waals surface area contributed by atoms with Crippen LogP contribution in [-0.2, 0) is 9.63 Å². The molecule has 1 aliphatic rings. The lowest BCUT2D eigenvalue weighted by Crippen LogP contribution is -2.52. The monoisotopic (exact) mass is 172 g/mol. The van der Waals surface area contributed by atoms with Crippen LogP contribution < -0.4 is 0 Å². The molecule has 0 aromatic rings. The summed E-state index contributed by atoms with van der Waals surface area (Å²) in [6.45, 7) is 6.46. The van der Waals surface area contributed by atoms with Crippen LogP contribution in [0.25, 0.3) is 0 Å². The molecule has 3 heteroatoms. The van der Waals surface area contributed by atoms with Gasteiger partial charge in [-0.1, -0.05) is 0 Å². The van der Waals surface area contributed by atoms with Crippen LogP contribution >= 0.6 is 0 Å². The van der Waals surface area contributed by atoms with Crippen molar-refractivity contribution in [3.8, 4) is 0 Å². The molecule has 0 aliphatic carbocycles. The highest BCUT2D eigenvalue weighted by molar-refractivity contribution is 5.65. The van der Waals surface area contributed by atoms with Crippen LogP contribution in [0.2, 0.25) is 0 Å². The van der Waals surface area contributed by atoms with E-state index < -0.39 is 0 Å². The van der Waals surface area contributed by atoms with Gasteiger partial charge in [0.05, 0.1) is 0 Å². The molecule has 0 atom stereocenters. The summed E-state index contributed by atoms with van der Waals surface area (Å²) in [4.78, 5) is 16.2. The van der Waals surface area contributed by atoms with Gasteiger partial charge in [-0.3, -0.25) is 4.84 Å². The zero-order chi connectivity index (χ0) is 9.03. The number of rotatable bonds is 2. The largest absolute Gasteiger partial charge is 0.363 e. The maximum Gasteiger partial charge on any atom is 0.363 e. The predicted octanol–water partition coefficient (Wildman–Crippen LogP) is 1.49. The third kappa shape index (κ3) is 2.21. The first kappa shape index (κ1) is 9.52. The third-order valence-corrected chi connectivity index (χ3v) is 2.53. The summed E-state index contributed by atoms with van der Waals surface area (Å²) < 4.78 is 0.551. The number of carbonyl (C=O) groups is 1. The SMILES string of the molecule is CC[N+]1(OC(C)=O)CCCCC1. The quantitative estimate of drug-likeness (QED) is 0.590. The van der Waals surface area contributed by atoms with Crippen molar-refractivity contribution in [2.75, 3.05) is 19.6 Å². The number of likely N-dealkylation sites (tertiary alicyclic amines) is 1. The second-order valence-electron chi connectivity index (χ2n) is 3.47. The van der Waals surface area contributed by atoms with Crippen molar-refractivity contribution in [2.24, 2.45) is 0 Å². The second-order valence-corrected chi connectivity index (χ2v) is 3.47. The van der Waals surface area contributed by atoms with Crippen molar-refractivity contribution < 1.29 is 14.3 Å². The minimum absolute atomic E-state index is 0.154. The van der Waals surface area contributed by atoms with Crippen molar-refractivity contribution in [2.45, 2.75) is 33.1 Å². The Morgan fingerprint density at radius 1 is 1.33 bits per heavy atom. The number of hydrogen-bond acceptors (Lipinski definition) is 2. The Labute approximate surface area is 73.9 Å². The number of hydroxylamine groups is 3. The Bertz CT molecular complexity index is 162. The Morgan fingerprint density at radius 2 is 1.92 bits per heavy atom. The molecule has 1 heterocycles. The molecule has 3 nitrogen and oxygen atoms in total. The summed E-state index contributed by atoms with van der Waals surface area (Å²) in [6, 6.07) is 0. The maximum absolute atomic E-state index is 10.8. The molecular formula is C9H18NO2+. The molecule has 0 aromatic carbocycles. The summed E-state index contributed by atoms with van der Waals surface area (Å²) in [6.07, 6.45) is 3.64. The highest BCUT2D eigenvalue weighted by Crippen LogP contribution is 2.19. The molecule has 0 amide bonds. The van der Waals surface area contributed by atoms with Crippen LogP contribution in [0, 0.1) is 0 Å². The standard InChI is InChI=1S/C9H18NO2/c1-3-10(12-9(2)11)7-5-4-6-8-10/h3-8H2,1-2H3/q+1. The molecule has 1 rings (SSSR count). The van der Waals surface area contributed by atoms with Crippen molar-refractivity contribution in [1.82, 2.24) is 0 Å². The number of carbonyl (C=O) groups excluding carboxylic acids is 1. The van der Waals surface area contributed by atoms with Crippen LogP contribution in [0.5, 0.6) is 0 Å². The molecule has 0 aromatic heterocycles. The van der Waals surface area contributed by atoms with E-state index in [-0.39, 0.29) is 5.97 Å². The van der Waals surface area contributed by atoms with Gasteiger partial charge in [0.15, 0.2) is 0 Å². The number of hydrogen-bond donors (Lipinski definition) is 0. The van der Waals surface area contributed by atoms with E-state index in [4.69, 9.17) is 4.84 Å². The van der Waals surface area contributed by atoms with Gasteiger partial charge >= 0.3 is 5.97 Å². The average Bonchev–Trinajstić information content (AvgIpc) is 2.05. The topological polar surface area (TPSA) is 26.3 Å².